The lowest BCUT2D eigenvalue weighted by Crippen LogP contribution is -2.51. The Morgan fingerprint density at radius 3 is 2.38 bits per heavy atom. The van der Waals surface area contributed by atoms with Crippen LogP contribution >= 0.6 is 11.6 Å². The SMILES string of the molecule is CCC(NC(=O)c1ccc2c(c1)OCCO2)(C(=O)O)c1ccc(Cl)cc1. The Kier molecular flexibility index (Phi) is 5.04. The zero-order chi connectivity index (χ0) is 18.7. The Morgan fingerprint density at radius 1 is 1.12 bits per heavy atom. The van der Waals surface area contributed by atoms with Gasteiger partial charge in [-0.05, 0) is 42.3 Å². The van der Waals surface area contributed by atoms with E-state index in [0.29, 0.717) is 40.9 Å². The second kappa shape index (κ2) is 7.25. The van der Waals surface area contributed by atoms with Crippen molar-refractivity contribution in [3.8, 4) is 11.5 Å². The first kappa shape index (κ1) is 18.1. The number of halogens is 1. The van der Waals surface area contributed by atoms with Gasteiger partial charge in [-0.25, -0.2) is 4.79 Å². The monoisotopic (exact) mass is 375 g/mol. The van der Waals surface area contributed by atoms with Crippen LogP contribution in [0.3, 0.4) is 0 Å². The van der Waals surface area contributed by atoms with E-state index in [1.807, 2.05) is 0 Å². The van der Waals surface area contributed by atoms with E-state index in [1.54, 1.807) is 49.4 Å². The van der Waals surface area contributed by atoms with Gasteiger partial charge in [0.05, 0.1) is 0 Å². The molecule has 2 N–H and O–H groups in total. The molecule has 7 heteroatoms. The number of nitrogens with one attached hydrogen (secondary N) is 1. The van der Waals surface area contributed by atoms with Crippen LogP contribution in [-0.4, -0.2) is 30.2 Å². The molecular weight excluding hydrogens is 358 g/mol. The molecule has 0 aliphatic carbocycles. The van der Waals surface area contributed by atoms with E-state index in [1.165, 1.54) is 0 Å². The quantitative estimate of drug-likeness (QED) is 0.838. The number of amides is 1. The van der Waals surface area contributed by atoms with E-state index in [0.717, 1.165) is 0 Å². The van der Waals surface area contributed by atoms with E-state index in [9.17, 15) is 14.7 Å². The molecule has 0 radical (unpaired) electrons. The summed E-state index contributed by atoms with van der Waals surface area (Å²) in [6.07, 6.45) is 0.167. The molecule has 1 aliphatic heterocycles. The Balaban J connectivity index is 1.93. The maximum atomic E-state index is 12.8. The maximum absolute atomic E-state index is 12.8. The highest BCUT2D eigenvalue weighted by atomic mass is 35.5. The molecule has 6 nitrogen and oxygen atoms in total. The highest BCUT2D eigenvalue weighted by molar-refractivity contribution is 6.30. The third-order valence-electron chi connectivity index (χ3n) is 4.36. The molecule has 26 heavy (non-hydrogen) atoms. The van der Waals surface area contributed by atoms with Gasteiger partial charge >= 0.3 is 5.97 Å². The summed E-state index contributed by atoms with van der Waals surface area (Å²) in [5.41, 5.74) is -0.820. The lowest BCUT2D eigenvalue weighted by Gasteiger charge is -2.30. The van der Waals surface area contributed by atoms with Gasteiger partial charge in [0, 0.05) is 10.6 Å². The number of rotatable bonds is 5. The van der Waals surface area contributed by atoms with Gasteiger partial charge in [-0.1, -0.05) is 30.7 Å². The molecule has 0 bridgehead atoms. The van der Waals surface area contributed by atoms with Crippen molar-refractivity contribution >= 4 is 23.5 Å². The van der Waals surface area contributed by atoms with Crippen LogP contribution in [0.1, 0.15) is 29.3 Å². The molecular formula is C19H18ClNO5. The van der Waals surface area contributed by atoms with E-state index >= 15 is 0 Å². The number of ether oxygens (including phenoxy) is 2. The topological polar surface area (TPSA) is 84.9 Å². The first-order valence-electron chi connectivity index (χ1n) is 8.18. The number of carbonyl (C=O) groups is 2. The minimum Gasteiger partial charge on any atom is -0.486 e. The standard InChI is InChI=1S/C19H18ClNO5/c1-2-19(18(23)24,13-4-6-14(20)7-5-13)21-17(22)12-3-8-15-16(11-12)26-10-9-25-15/h3-8,11H,2,9-10H2,1H3,(H,21,22)(H,23,24). The smallest absolute Gasteiger partial charge is 0.334 e. The Morgan fingerprint density at radius 2 is 1.77 bits per heavy atom. The minimum absolute atomic E-state index is 0.167. The fraction of sp³-hybridized carbons (Fsp3) is 0.263. The van der Waals surface area contributed by atoms with Crippen molar-refractivity contribution < 1.29 is 24.2 Å². The fourth-order valence-electron chi connectivity index (χ4n) is 2.88. The van der Waals surface area contributed by atoms with Crippen LogP contribution < -0.4 is 14.8 Å². The van der Waals surface area contributed by atoms with Crippen LogP contribution in [0.5, 0.6) is 11.5 Å². The van der Waals surface area contributed by atoms with Gasteiger partial charge in [0.1, 0.15) is 13.2 Å². The number of carboxylic acids is 1. The maximum Gasteiger partial charge on any atom is 0.334 e. The zero-order valence-electron chi connectivity index (χ0n) is 14.1. The van der Waals surface area contributed by atoms with Gasteiger partial charge in [-0.2, -0.15) is 0 Å². The lowest BCUT2D eigenvalue weighted by atomic mass is 9.87. The summed E-state index contributed by atoms with van der Waals surface area (Å²) in [6, 6.07) is 11.2. The molecule has 1 amide bonds. The van der Waals surface area contributed by atoms with Crippen LogP contribution in [0, 0.1) is 0 Å². The lowest BCUT2D eigenvalue weighted by molar-refractivity contribution is -0.145. The number of hydrogen-bond donors (Lipinski definition) is 2. The van der Waals surface area contributed by atoms with Gasteiger partial charge in [0.2, 0.25) is 0 Å². The van der Waals surface area contributed by atoms with Gasteiger partial charge < -0.3 is 19.9 Å². The highest BCUT2D eigenvalue weighted by Gasteiger charge is 2.40. The Bertz CT molecular complexity index is 836. The van der Waals surface area contributed by atoms with E-state index in [-0.39, 0.29) is 6.42 Å². The van der Waals surface area contributed by atoms with E-state index < -0.39 is 17.4 Å². The van der Waals surface area contributed by atoms with Crippen molar-refractivity contribution in [3.63, 3.8) is 0 Å². The van der Waals surface area contributed by atoms with Gasteiger partial charge in [0.25, 0.3) is 5.91 Å². The molecule has 136 valence electrons. The molecule has 3 rings (SSSR count). The summed E-state index contributed by atoms with van der Waals surface area (Å²) in [5, 5.41) is 13.0. The van der Waals surface area contributed by atoms with E-state index in [2.05, 4.69) is 5.32 Å². The summed E-state index contributed by atoms with van der Waals surface area (Å²) < 4.78 is 10.9. The Hall–Kier alpha value is -2.73. The van der Waals surface area contributed by atoms with Crippen LogP contribution in [0.15, 0.2) is 42.5 Å². The molecule has 0 saturated carbocycles. The van der Waals surface area contributed by atoms with Crippen molar-refractivity contribution in [2.45, 2.75) is 18.9 Å². The molecule has 1 heterocycles. The van der Waals surface area contributed by atoms with Gasteiger partial charge in [0.15, 0.2) is 17.0 Å². The summed E-state index contributed by atoms with van der Waals surface area (Å²) in [4.78, 5) is 24.8. The molecule has 2 aromatic rings. The minimum atomic E-state index is -1.56. The molecule has 1 unspecified atom stereocenters. The van der Waals surface area contributed by atoms with Crippen molar-refractivity contribution in [1.82, 2.24) is 5.32 Å². The zero-order valence-corrected chi connectivity index (χ0v) is 14.9. The third-order valence-corrected chi connectivity index (χ3v) is 4.62. The fourth-order valence-corrected chi connectivity index (χ4v) is 3.00. The second-order valence-corrected chi connectivity index (χ2v) is 6.32. The van der Waals surface area contributed by atoms with E-state index in [4.69, 9.17) is 21.1 Å². The number of carbonyl (C=O) groups excluding carboxylic acids is 1. The number of fused-ring (bicyclic) bond motifs is 1. The van der Waals surface area contributed by atoms with Crippen LogP contribution in [0.4, 0.5) is 0 Å². The number of hydrogen-bond acceptors (Lipinski definition) is 4. The average molecular weight is 376 g/mol. The average Bonchev–Trinajstić information content (AvgIpc) is 2.66. The number of aliphatic carboxylic acids is 1. The predicted octanol–water partition coefficient (Wildman–Crippen LogP) is 3.23. The summed E-state index contributed by atoms with van der Waals surface area (Å²) in [7, 11) is 0. The summed E-state index contributed by atoms with van der Waals surface area (Å²) >= 11 is 5.89. The summed E-state index contributed by atoms with van der Waals surface area (Å²) in [5.74, 6) is -0.632. The molecule has 0 saturated heterocycles. The largest absolute Gasteiger partial charge is 0.486 e. The first-order valence-corrected chi connectivity index (χ1v) is 8.55. The van der Waals surface area contributed by atoms with Crippen LogP contribution in [0.2, 0.25) is 5.02 Å². The third kappa shape index (κ3) is 3.32. The first-order chi connectivity index (χ1) is 12.5. The number of benzene rings is 2. The van der Waals surface area contributed by atoms with Crippen molar-refractivity contribution in [3.05, 3.63) is 58.6 Å². The molecule has 1 atom stereocenters. The summed E-state index contributed by atoms with van der Waals surface area (Å²) in [6.45, 7) is 2.55. The molecule has 0 aromatic heterocycles. The molecule has 0 spiro atoms. The van der Waals surface area contributed by atoms with Gasteiger partial charge in [-0.3, -0.25) is 4.79 Å². The van der Waals surface area contributed by atoms with Crippen molar-refractivity contribution in [2.75, 3.05) is 13.2 Å². The predicted molar refractivity (Wildman–Crippen MR) is 96.0 cm³/mol. The van der Waals surface area contributed by atoms with Crippen molar-refractivity contribution in [1.29, 1.82) is 0 Å². The number of carboxylic acid groups (broad SMARTS) is 1. The van der Waals surface area contributed by atoms with Crippen LogP contribution in [-0.2, 0) is 10.3 Å². The highest BCUT2D eigenvalue weighted by Crippen LogP contribution is 2.32. The molecule has 2 aromatic carbocycles. The normalized spacial score (nSPS) is 15.0. The second-order valence-electron chi connectivity index (χ2n) is 5.88. The Labute approximate surface area is 155 Å². The van der Waals surface area contributed by atoms with Gasteiger partial charge in [-0.15, -0.1) is 0 Å². The van der Waals surface area contributed by atoms with Crippen molar-refractivity contribution in [2.24, 2.45) is 0 Å². The molecule has 0 fully saturated rings. The van der Waals surface area contributed by atoms with Crippen LogP contribution in [0.25, 0.3) is 0 Å². The molecule has 1 aliphatic rings.